The second-order valence-corrected chi connectivity index (χ2v) is 6.02. The molecule has 0 spiro atoms. The lowest BCUT2D eigenvalue weighted by atomic mass is 10.2. The summed E-state index contributed by atoms with van der Waals surface area (Å²) in [6.45, 7) is 0.648. The minimum atomic E-state index is -4.38. The summed E-state index contributed by atoms with van der Waals surface area (Å²) in [5.74, 6) is -0.834. The molecule has 2 heterocycles. The number of halogens is 5. The highest BCUT2D eigenvalue weighted by atomic mass is 19.4. The average Bonchev–Trinajstić information content (AvgIpc) is 2.99. The second-order valence-electron chi connectivity index (χ2n) is 6.02. The number of benzene rings is 1. The molecule has 3 rings (SSSR count). The Balaban J connectivity index is 1.69. The summed E-state index contributed by atoms with van der Waals surface area (Å²) in [7, 11) is 0. The standard InChI is InChI=1S/C17H15F5N6/c1-10-5-24-16(26-14-7-25-28(8-14)9-17(20,21)22)27-15(10)23-6-11-2-12(18)4-13(19)3-11/h2-5,7-8H,6,9H2,1H3,(H2,23,24,26,27). The maximum atomic E-state index is 13.3. The van der Waals surface area contributed by atoms with Crippen LogP contribution in [-0.4, -0.2) is 25.9 Å². The van der Waals surface area contributed by atoms with Gasteiger partial charge in [0.1, 0.15) is 24.0 Å². The van der Waals surface area contributed by atoms with E-state index in [2.05, 4.69) is 25.7 Å². The third-order valence-corrected chi connectivity index (χ3v) is 3.58. The molecule has 1 aromatic carbocycles. The van der Waals surface area contributed by atoms with Crippen LogP contribution >= 0.6 is 0 Å². The molecule has 2 aromatic heterocycles. The van der Waals surface area contributed by atoms with Crippen molar-refractivity contribution in [3.8, 4) is 0 Å². The van der Waals surface area contributed by atoms with E-state index in [1.165, 1.54) is 30.7 Å². The highest BCUT2D eigenvalue weighted by Crippen LogP contribution is 2.20. The van der Waals surface area contributed by atoms with Gasteiger partial charge >= 0.3 is 6.18 Å². The number of nitrogens with one attached hydrogen (secondary N) is 2. The van der Waals surface area contributed by atoms with Crippen LogP contribution in [0.5, 0.6) is 0 Å². The normalized spacial score (nSPS) is 11.5. The topological polar surface area (TPSA) is 67.7 Å². The van der Waals surface area contributed by atoms with Crippen molar-refractivity contribution >= 4 is 17.5 Å². The molecular formula is C17H15F5N6. The van der Waals surface area contributed by atoms with Crippen molar-refractivity contribution in [1.82, 2.24) is 19.7 Å². The Bertz CT molecular complexity index is 949. The molecule has 0 amide bonds. The summed E-state index contributed by atoms with van der Waals surface area (Å²) in [5.41, 5.74) is 1.35. The Morgan fingerprint density at radius 3 is 2.46 bits per heavy atom. The number of hydrogen-bond acceptors (Lipinski definition) is 5. The molecule has 0 fully saturated rings. The predicted octanol–water partition coefficient (Wildman–Crippen LogP) is 4.18. The van der Waals surface area contributed by atoms with Gasteiger partial charge in [-0.2, -0.15) is 23.3 Å². The number of anilines is 3. The van der Waals surface area contributed by atoms with Gasteiger partial charge in [0.05, 0.1) is 11.9 Å². The average molecular weight is 398 g/mol. The van der Waals surface area contributed by atoms with Crippen molar-refractivity contribution in [1.29, 1.82) is 0 Å². The lowest BCUT2D eigenvalue weighted by Gasteiger charge is -2.10. The molecule has 6 nitrogen and oxygen atoms in total. The van der Waals surface area contributed by atoms with Crippen LogP contribution in [-0.2, 0) is 13.1 Å². The Morgan fingerprint density at radius 1 is 1.07 bits per heavy atom. The van der Waals surface area contributed by atoms with E-state index < -0.39 is 24.4 Å². The van der Waals surface area contributed by atoms with Gasteiger partial charge in [-0.15, -0.1) is 0 Å². The maximum absolute atomic E-state index is 13.3. The summed E-state index contributed by atoms with van der Waals surface area (Å²) >= 11 is 0. The smallest absolute Gasteiger partial charge is 0.366 e. The van der Waals surface area contributed by atoms with E-state index in [0.717, 1.165) is 10.7 Å². The molecule has 0 saturated carbocycles. The lowest BCUT2D eigenvalue weighted by molar-refractivity contribution is -0.142. The molecule has 28 heavy (non-hydrogen) atoms. The third kappa shape index (κ3) is 5.38. The Morgan fingerprint density at radius 2 is 1.79 bits per heavy atom. The van der Waals surface area contributed by atoms with E-state index in [0.29, 0.717) is 16.9 Å². The molecule has 0 aliphatic heterocycles. The van der Waals surface area contributed by atoms with Crippen molar-refractivity contribution in [2.24, 2.45) is 0 Å². The zero-order chi connectivity index (χ0) is 20.3. The van der Waals surface area contributed by atoms with Gasteiger partial charge in [-0.25, -0.2) is 13.8 Å². The van der Waals surface area contributed by atoms with Crippen LogP contribution in [0.15, 0.2) is 36.8 Å². The minimum absolute atomic E-state index is 0.121. The number of aryl methyl sites for hydroxylation is 1. The van der Waals surface area contributed by atoms with Gasteiger partial charge in [-0.3, -0.25) is 4.68 Å². The summed E-state index contributed by atoms with van der Waals surface area (Å²) in [6, 6.07) is 3.17. The molecule has 0 saturated heterocycles. The van der Waals surface area contributed by atoms with Crippen molar-refractivity contribution in [3.63, 3.8) is 0 Å². The lowest BCUT2D eigenvalue weighted by Crippen LogP contribution is -2.17. The van der Waals surface area contributed by atoms with Gasteiger partial charge in [0.15, 0.2) is 0 Å². The predicted molar refractivity (Wildman–Crippen MR) is 92.0 cm³/mol. The fourth-order valence-corrected chi connectivity index (χ4v) is 2.41. The van der Waals surface area contributed by atoms with Gasteiger partial charge in [-0.05, 0) is 24.6 Å². The van der Waals surface area contributed by atoms with Crippen LogP contribution in [0.25, 0.3) is 0 Å². The molecule has 11 heteroatoms. The first-order valence-electron chi connectivity index (χ1n) is 8.07. The molecule has 0 aliphatic carbocycles. The minimum Gasteiger partial charge on any atom is -0.366 e. The first-order chi connectivity index (χ1) is 13.2. The Labute approximate surface area is 156 Å². The van der Waals surface area contributed by atoms with E-state index in [9.17, 15) is 22.0 Å². The molecule has 0 bridgehead atoms. The van der Waals surface area contributed by atoms with E-state index >= 15 is 0 Å². The van der Waals surface area contributed by atoms with Crippen molar-refractivity contribution < 1.29 is 22.0 Å². The monoisotopic (exact) mass is 398 g/mol. The number of nitrogens with zero attached hydrogens (tertiary/aromatic N) is 4. The number of aromatic nitrogens is 4. The van der Waals surface area contributed by atoms with Crippen LogP contribution < -0.4 is 10.6 Å². The summed E-state index contributed by atoms with van der Waals surface area (Å²) < 4.78 is 64.4. The van der Waals surface area contributed by atoms with Gasteiger partial charge < -0.3 is 10.6 Å². The van der Waals surface area contributed by atoms with Crippen LogP contribution in [0, 0.1) is 18.6 Å². The molecule has 2 N–H and O–H groups in total. The zero-order valence-electron chi connectivity index (χ0n) is 14.6. The van der Waals surface area contributed by atoms with Gasteiger partial charge in [0, 0.05) is 30.6 Å². The fraction of sp³-hybridized carbons (Fsp3) is 0.235. The number of rotatable bonds is 6. The van der Waals surface area contributed by atoms with E-state index in [1.807, 2.05) is 0 Å². The number of alkyl halides is 3. The van der Waals surface area contributed by atoms with Crippen molar-refractivity contribution in [2.75, 3.05) is 10.6 Å². The molecule has 0 aliphatic rings. The molecule has 0 unspecified atom stereocenters. The maximum Gasteiger partial charge on any atom is 0.408 e. The SMILES string of the molecule is Cc1cnc(Nc2cnn(CC(F)(F)F)c2)nc1NCc1cc(F)cc(F)c1. The van der Waals surface area contributed by atoms with E-state index in [4.69, 9.17) is 0 Å². The van der Waals surface area contributed by atoms with Gasteiger partial charge in [0.25, 0.3) is 0 Å². The summed E-state index contributed by atoms with van der Waals surface area (Å²) in [5, 5.41) is 9.34. The van der Waals surface area contributed by atoms with Gasteiger partial charge in [-0.1, -0.05) is 0 Å². The van der Waals surface area contributed by atoms with Crippen LogP contribution in [0.3, 0.4) is 0 Å². The molecule has 0 atom stereocenters. The van der Waals surface area contributed by atoms with Crippen LogP contribution in [0.2, 0.25) is 0 Å². The summed E-state index contributed by atoms with van der Waals surface area (Å²) in [6.07, 6.45) is -0.474. The number of hydrogen-bond donors (Lipinski definition) is 2. The third-order valence-electron chi connectivity index (χ3n) is 3.58. The van der Waals surface area contributed by atoms with Crippen molar-refractivity contribution in [2.45, 2.75) is 26.2 Å². The van der Waals surface area contributed by atoms with Crippen LogP contribution in [0.1, 0.15) is 11.1 Å². The molecular weight excluding hydrogens is 383 g/mol. The molecule has 3 aromatic rings. The Kier molecular flexibility index (Phi) is 5.43. The van der Waals surface area contributed by atoms with E-state index in [-0.39, 0.29) is 18.2 Å². The first-order valence-corrected chi connectivity index (χ1v) is 8.07. The summed E-state index contributed by atoms with van der Waals surface area (Å²) in [4.78, 5) is 8.29. The quantitative estimate of drug-likeness (QED) is 0.610. The van der Waals surface area contributed by atoms with Crippen molar-refractivity contribution in [3.05, 3.63) is 59.6 Å². The van der Waals surface area contributed by atoms with Crippen LogP contribution in [0.4, 0.5) is 39.4 Å². The molecule has 148 valence electrons. The second kappa shape index (κ2) is 7.79. The van der Waals surface area contributed by atoms with Gasteiger partial charge in [0.2, 0.25) is 5.95 Å². The Hall–Kier alpha value is -3.24. The molecule has 0 radical (unpaired) electrons. The zero-order valence-corrected chi connectivity index (χ0v) is 14.6. The highest BCUT2D eigenvalue weighted by molar-refractivity contribution is 5.54. The largest absolute Gasteiger partial charge is 0.408 e. The van der Waals surface area contributed by atoms with E-state index in [1.54, 1.807) is 6.92 Å². The highest BCUT2D eigenvalue weighted by Gasteiger charge is 2.28. The fourth-order valence-electron chi connectivity index (χ4n) is 2.41. The first kappa shape index (κ1) is 19.5.